The van der Waals surface area contributed by atoms with Gasteiger partial charge in [-0.05, 0) is 50.2 Å². The van der Waals surface area contributed by atoms with Crippen molar-refractivity contribution in [2.24, 2.45) is 0 Å². The summed E-state index contributed by atoms with van der Waals surface area (Å²) in [5.41, 5.74) is 0.940. The normalized spacial score (nSPS) is 10.3. The molecule has 0 unspecified atom stereocenters. The summed E-state index contributed by atoms with van der Waals surface area (Å²) in [5, 5.41) is 7.04. The summed E-state index contributed by atoms with van der Waals surface area (Å²) < 4.78 is 1.94. The maximum absolute atomic E-state index is 4.44. The van der Waals surface area contributed by atoms with Crippen LogP contribution in [0.1, 0.15) is 0 Å². The molecule has 1 aromatic heterocycles. The largest absolute Gasteiger partial charge is 0.373 e. The number of nitrogens with zero attached hydrogens (tertiary/aromatic N) is 2. The fourth-order valence-electron chi connectivity index (χ4n) is 1.45. The maximum atomic E-state index is 4.44. The Bertz CT molecular complexity index is 549. The molecule has 2 rings (SSSR count). The SMILES string of the molecule is CNc1cc(Nc2c(Br)cccc2Br)nc(SC)n1. The smallest absolute Gasteiger partial charge is 0.191 e. The minimum absolute atomic E-state index is 0.720. The molecular formula is C12H12Br2N4S. The molecule has 2 aromatic rings. The Morgan fingerprint density at radius 3 is 2.32 bits per heavy atom. The highest BCUT2D eigenvalue weighted by atomic mass is 79.9. The minimum Gasteiger partial charge on any atom is -0.373 e. The molecule has 4 nitrogen and oxygen atoms in total. The molecule has 0 aliphatic carbocycles. The molecule has 0 bridgehead atoms. The average molecular weight is 404 g/mol. The fraction of sp³-hybridized carbons (Fsp3) is 0.167. The maximum Gasteiger partial charge on any atom is 0.191 e. The van der Waals surface area contributed by atoms with E-state index in [1.807, 2.05) is 37.6 Å². The molecule has 0 radical (unpaired) electrons. The molecule has 0 saturated heterocycles. The van der Waals surface area contributed by atoms with Gasteiger partial charge in [-0.25, -0.2) is 9.97 Å². The first kappa shape index (κ1) is 14.6. The molecule has 1 aromatic carbocycles. The Morgan fingerprint density at radius 2 is 1.74 bits per heavy atom. The first-order valence-corrected chi connectivity index (χ1v) is 8.27. The van der Waals surface area contributed by atoms with E-state index in [9.17, 15) is 0 Å². The number of thioether (sulfide) groups is 1. The van der Waals surface area contributed by atoms with Crippen LogP contribution in [-0.2, 0) is 0 Å². The first-order valence-electron chi connectivity index (χ1n) is 5.46. The standard InChI is InChI=1S/C12H12Br2N4S/c1-15-9-6-10(18-12(17-9)19-2)16-11-7(13)4-3-5-8(11)14/h3-6H,1-2H3,(H2,15,16,17,18). The summed E-state index contributed by atoms with van der Waals surface area (Å²) in [6.45, 7) is 0. The van der Waals surface area contributed by atoms with Crippen LogP contribution in [0.25, 0.3) is 0 Å². The molecule has 0 fully saturated rings. The van der Waals surface area contributed by atoms with Crippen LogP contribution in [0.5, 0.6) is 0 Å². The van der Waals surface area contributed by atoms with Gasteiger partial charge in [0.1, 0.15) is 11.6 Å². The summed E-state index contributed by atoms with van der Waals surface area (Å²) in [7, 11) is 1.84. The molecule has 7 heteroatoms. The lowest BCUT2D eigenvalue weighted by Gasteiger charge is -2.11. The topological polar surface area (TPSA) is 49.8 Å². The zero-order chi connectivity index (χ0) is 13.8. The van der Waals surface area contributed by atoms with Gasteiger partial charge in [-0.2, -0.15) is 0 Å². The molecule has 2 N–H and O–H groups in total. The number of benzene rings is 1. The second-order valence-corrected chi connectivity index (χ2v) is 6.08. The highest BCUT2D eigenvalue weighted by Crippen LogP contribution is 2.33. The number of halogens is 2. The zero-order valence-electron chi connectivity index (χ0n) is 10.4. The van der Waals surface area contributed by atoms with E-state index in [0.717, 1.165) is 31.4 Å². The summed E-state index contributed by atoms with van der Waals surface area (Å²) >= 11 is 8.54. The number of aromatic nitrogens is 2. The summed E-state index contributed by atoms with van der Waals surface area (Å²) in [4.78, 5) is 8.77. The molecule has 0 aliphatic rings. The van der Waals surface area contributed by atoms with Crippen LogP contribution in [0, 0.1) is 0 Å². The molecule has 0 saturated carbocycles. The second-order valence-electron chi connectivity index (χ2n) is 3.60. The van der Waals surface area contributed by atoms with Gasteiger partial charge in [0, 0.05) is 22.1 Å². The predicted molar refractivity (Wildman–Crippen MR) is 88.5 cm³/mol. The molecular weight excluding hydrogens is 392 g/mol. The number of rotatable bonds is 4. The van der Waals surface area contributed by atoms with Gasteiger partial charge in [0.2, 0.25) is 0 Å². The molecule has 0 amide bonds. The van der Waals surface area contributed by atoms with Crippen molar-refractivity contribution in [3.63, 3.8) is 0 Å². The van der Waals surface area contributed by atoms with Gasteiger partial charge in [-0.3, -0.25) is 0 Å². The van der Waals surface area contributed by atoms with Crippen molar-refractivity contribution in [1.29, 1.82) is 0 Å². The third-order valence-electron chi connectivity index (χ3n) is 2.36. The monoisotopic (exact) mass is 402 g/mol. The van der Waals surface area contributed by atoms with Crippen molar-refractivity contribution < 1.29 is 0 Å². The Morgan fingerprint density at radius 1 is 1.11 bits per heavy atom. The van der Waals surface area contributed by atoms with Crippen LogP contribution in [0.2, 0.25) is 0 Å². The van der Waals surface area contributed by atoms with Crippen molar-refractivity contribution >= 4 is 60.9 Å². The van der Waals surface area contributed by atoms with E-state index >= 15 is 0 Å². The molecule has 19 heavy (non-hydrogen) atoms. The van der Waals surface area contributed by atoms with E-state index in [1.165, 1.54) is 11.8 Å². The predicted octanol–water partition coefficient (Wildman–Crippen LogP) is 4.51. The van der Waals surface area contributed by atoms with Crippen LogP contribution >= 0.6 is 43.6 Å². The van der Waals surface area contributed by atoms with E-state index in [-0.39, 0.29) is 0 Å². The Balaban J connectivity index is 2.37. The van der Waals surface area contributed by atoms with Crippen LogP contribution in [0.4, 0.5) is 17.3 Å². The van der Waals surface area contributed by atoms with Crippen molar-refractivity contribution in [3.05, 3.63) is 33.2 Å². The van der Waals surface area contributed by atoms with E-state index in [4.69, 9.17) is 0 Å². The van der Waals surface area contributed by atoms with E-state index < -0.39 is 0 Å². The Labute approximate surface area is 133 Å². The van der Waals surface area contributed by atoms with E-state index in [0.29, 0.717) is 0 Å². The van der Waals surface area contributed by atoms with Crippen LogP contribution in [0.3, 0.4) is 0 Å². The van der Waals surface area contributed by atoms with Gasteiger partial charge in [-0.1, -0.05) is 17.8 Å². The third kappa shape index (κ3) is 3.61. The molecule has 0 aliphatic heterocycles. The number of para-hydroxylation sites is 1. The van der Waals surface area contributed by atoms with Crippen LogP contribution in [-0.4, -0.2) is 23.3 Å². The fourth-order valence-corrected chi connectivity index (χ4v) is 3.03. The van der Waals surface area contributed by atoms with Crippen LogP contribution in [0.15, 0.2) is 38.4 Å². The zero-order valence-corrected chi connectivity index (χ0v) is 14.4. The van der Waals surface area contributed by atoms with E-state index in [1.54, 1.807) is 0 Å². The van der Waals surface area contributed by atoms with Crippen LogP contribution < -0.4 is 10.6 Å². The lowest BCUT2D eigenvalue weighted by atomic mass is 10.3. The number of hydrogen-bond donors (Lipinski definition) is 2. The van der Waals surface area contributed by atoms with Gasteiger partial charge in [0.05, 0.1) is 5.69 Å². The molecule has 0 atom stereocenters. The lowest BCUT2D eigenvalue weighted by Crippen LogP contribution is -2.01. The van der Waals surface area contributed by atoms with Gasteiger partial charge in [0.15, 0.2) is 5.16 Å². The summed E-state index contributed by atoms with van der Waals surface area (Å²) in [6, 6.07) is 7.78. The van der Waals surface area contributed by atoms with Crippen molar-refractivity contribution in [3.8, 4) is 0 Å². The van der Waals surface area contributed by atoms with Gasteiger partial charge in [0.25, 0.3) is 0 Å². The number of hydrogen-bond acceptors (Lipinski definition) is 5. The number of anilines is 3. The summed E-state index contributed by atoms with van der Waals surface area (Å²) in [5.74, 6) is 1.53. The third-order valence-corrected chi connectivity index (χ3v) is 4.23. The quantitative estimate of drug-likeness (QED) is 0.581. The van der Waals surface area contributed by atoms with Crippen molar-refractivity contribution in [2.45, 2.75) is 5.16 Å². The van der Waals surface area contributed by atoms with E-state index in [2.05, 4.69) is 52.5 Å². The van der Waals surface area contributed by atoms with Gasteiger partial charge in [-0.15, -0.1) is 0 Å². The molecule has 1 heterocycles. The minimum atomic E-state index is 0.720. The highest BCUT2D eigenvalue weighted by Gasteiger charge is 2.08. The second kappa shape index (κ2) is 6.58. The Kier molecular flexibility index (Phi) is 5.06. The average Bonchev–Trinajstić information content (AvgIpc) is 2.42. The number of nitrogens with one attached hydrogen (secondary N) is 2. The molecule has 0 spiro atoms. The van der Waals surface area contributed by atoms with Gasteiger partial charge < -0.3 is 10.6 Å². The first-order chi connectivity index (χ1) is 9.13. The lowest BCUT2D eigenvalue weighted by molar-refractivity contribution is 0.977. The Hall–Kier alpha value is -0.790. The molecule has 100 valence electrons. The van der Waals surface area contributed by atoms with Crippen molar-refractivity contribution in [1.82, 2.24) is 9.97 Å². The van der Waals surface area contributed by atoms with Crippen molar-refractivity contribution in [2.75, 3.05) is 23.9 Å². The van der Waals surface area contributed by atoms with Gasteiger partial charge >= 0.3 is 0 Å². The highest BCUT2D eigenvalue weighted by molar-refractivity contribution is 9.11. The summed E-state index contributed by atoms with van der Waals surface area (Å²) in [6.07, 6.45) is 1.95.